The van der Waals surface area contributed by atoms with Gasteiger partial charge in [0.2, 0.25) is 0 Å². The van der Waals surface area contributed by atoms with Crippen molar-refractivity contribution in [2.75, 3.05) is 6.54 Å². The summed E-state index contributed by atoms with van der Waals surface area (Å²) in [7, 11) is 0. The zero-order valence-electron chi connectivity index (χ0n) is 9.03. The van der Waals surface area contributed by atoms with E-state index in [1.54, 1.807) is 0 Å². The van der Waals surface area contributed by atoms with Crippen molar-refractivity contribution in [3.63, 3.8) is 0 Å². The van der Waals surface area contributed by atoms with E-state index in [2.05, 4.69) is 22.4 Å². The average Bonchev–Trinajstić information content (AvgIpc) is 2.88. The van der Waals surface area contributed by atoms with Gasteiger partial charge in [0.1, 0.15) is 0 Å². The number of benzene rings is 1. The van der Waals surface area contributed by atoms with E-state index >= 15 is 0 Å². The number of nitrogens with one attached hydrogen (secondary N) is 2. The Morgan fingerprint density at radius 3 is 2.80 bits per heavy atom. The van der Waals surface area contributed by atoms with Crippen LogP contribution in [0.5, 0.6) is 0 Å². The van der Waals surface area contributed by atoms with Gasteiger partial charge < -0.3 is 5.32 Å². The lowest BCUT2D eigenvalue weighted by atomic mass is 10.3. The highest BCUT2D eigenvalue weighted by Gasteiger charge is 2.05. The Bertz CT molecular complexity index is 372. The number of fused-ring (bicyclic) bond motifs is 1. The van der Waals surface area contributed by atoms with E-state index in [1.807, 2.05) is 30.5 Å². The average molecular weight is 203 g/mol. The minimum atomic E-state index is 0.796. The van der Waals surface area contributed by atoms with Crippen LogP contribution in [-0.4, -0.2) is 22.8 Å². The van der Waals surface area contributed by atoms with Crippen LogP contribution < -0.4 is 5.32 Å². The highest BCUT2D eigenvalue weighted by atomic mass is 15.1. The molecule has 15 heavy (non-hydrogen) atoms. The predicted octanol–water partition coefficient (Wildman–Crippen LogP) is 2.32. The zero-order chi connectivity index (χ0) is 10.5. The summed E-state index contributed by atoms with van der Waals surface area (Å²) < 4.78 is 0. The number of nitrogens with zero attached hydrogens (tertiary/aromatic N) is 1. The fourth-order valence-electron chi connectivity index (χ4n) is 1.74. The van der Waals surface area contributed by atoms with E-state index in [-0.39, 0.29) is 0 Å². The van der Waals surface area contributed by atoms with E-state index in [0.717, 1.165) is 16.9 Å². The van der Waals surface area contributed by atoms with E-state index in [9.17, 15) is 0 Å². The third-order valence-electron chi connectivity index (χ3n) is 2.66. The molecule has 1 aliphatic heterocycles. The van der Waals surface area contributed by atoms with Gasteiger partial charge in [0.25, 0.3) is 0 Å². The third-order valence-corrected chi connectivity index (χ3v) is 2.66. The van der Waals surface area contributed by atoms with Crippen LogP contribution >= 0.6 is 0 Å². The highest BCUT2D eigenvalue weighted by molar-refractivity contribution is 5.77. The molecule has 1 aromatic carbocycles. The van der Waals surface area contributed by atoms with Crippen LogP contribution in [0.4, 0.5) is 0 Å². The molecule has 0 spiro atoms. The Morgan fingerprint density at radius 1 is 1.33 bits per heavy atom. The molecule has 0 saturated carbocycles. The van der Waals surface area contributed by atoms with Crippen LogP contribution in [0.2, 0.25) is 0 Å². The minimum absolute atomic E-state index is 0.796. The molecule has 80 valence electrons. The summed E-state index contributed by atoms with van der Waals surface area (Å²) in [5.41, 5.74) is 1.09. The summed E-state index contributed by atoms with van der Waals surface area (Å²) in [5.74, 6) is 0. The Kier molecular flexibility index (Phi) is 3.35. The fraction of sp³-hybridized carbons (Fsp3) is 0.417. The first-order valence-corrected chi connectivity index (χ1v) is 5.48. The molecule has 1 saturated heterocycles. The second-order valence-electron chi connectivity index (χ2n) is 3.95. The molecular weight excluding hydrogens is 186 g/mol. The largest absolute Gasteiger partial charge is 0.314 e. The maximum atomic E-state index is 3.88. The summed E-state index contributed by atoms with van der Waals surface area (Å²) in [6.45, 7) is 3.47. The van der Waals surface area contributed by atoms with Crippen LogP contribution in [-0.2, 0) is 0 Å². The number of hydrogen-bond acceptors (Lipinski definition) is 2. The standard InChI is InChI=1S/C7H6N2.C5H11N/c1-2-4-7-6(3-1)5-8-9-7;1-5-3-2-4-6-5/h1-5H,(H,8,9);5-6H,2-4H2,1H3/t;5-/m.0/s1. The first-order chi connectivity index (χ1) is 7.36. The first-order valence-electron chi connectivity index (χ1n) is 5.48. The van der Waals surface area contributed by atoms with E-state index in [1.165, 1.54) is 19.4 Å². The molecule has 0 amide bonds. The lowest BCUT2D eigenvalue weighted by Crippen LogP contribution is -2.16. The molecule has 1 atom stereocenters. The van der Waals surface area contributed by atoms with Gasteiger partial charge in [0.05, 0.1) is 11.7 Å². The van der Waals surface area contributed by atoms with Gasteiger partial charge in [-0.05, 0) is 32.4 Å². The van der Waals surface area contributed by atoms with Crippen LogP contribution in [0.15, 0.2) is 30.5 Å². The van der Waals surface area contributed by atoms with Crippen LogP contribution in [0.1, 0.15) is 19.8 Å². The van der Waals surface area contributed by atoms with Crippen molar-refractivity contribution in [2.45, 2.75) is 25.8 Å². The summed E-state index contributed by atoms with van der Waals surface area (Å²) in [5, 5.41) is 11.2. The molecule has 0 unspecified atom stereocenters. The monoisotopic (exact) mass is 203 g/mol. The molecule has 1 aliphatic rings. The van der Waals surface area contributed by atoms with Crippen LogP contribution in [0, 0.1) is 0 Å². The molecule has 2 heterocycles. The Hall–Kier alpha value is -1.35. The number of aromatic amines is 1. The van der Waals surface area contributed by atoms with Crippen molar-refractivity contribution in [2.24, 2.45) is 0 Å². The van der Waals surface area contributed by atoms with Gasteiger partial charge in [-0.25, -0.2) is 0 Å². The van der Waals surface area contributed by atoms with Gasteiger partial charge in [0.15, 0.2) is 0 Å². The Morgan fingerprint density at radius 2 is 2.20 bits per heavy atom. The maximum Gasteiger partial charge on any atom is 0.0650 e. The predicted molar refractivity (Wildman–Crippen MR) is 62.8 cm³/mol. The molecule has 3 rings (SSSR count). The van der Waals surface area contributed by atoms with Crippen LogP contribution in [0.25, 0.3) is 10.9 Å². The fourth-order valence-corrected chi connectivity index (χ4v) is 1.74. The molecule has 2 aromatic rings. The van der Waals surface area contributed by atoms with Gasteiger partial charge in [0, 0.05) is 11.4 Å². The van der Waals surface area contributed by atoms with Gasteiger partial charge in [-0.2, -0.15) is 5.10 Å². The maximum absolute atomic E-state index is 3.88. The van der Waals surface area contributed by atoms with Crippen molar-refractivity contribution >= 4 is 10.9 Å². The van der Waals surface area contributed by atoms with E-state index in [4.69, 9.17) is 0 Å². The molecule has 0 bridgehead atoms. The quantitative estimate of drug-likeness (QED) is 0.690. The van der Waals surface area contributed by atoms with Crippen molar-refractivity contribution in [1.82, 2.24) is 15.5 Å². The third kappa shape index (κ3) is 2.80. The summed E-state index contributed by atoms with van der Waals surface area (Å²) in [6, 6.07) is 8.81. The van der Waals surface area contributed by atoms with Crippen molar-refractivity contribution in [3.05, 3.63) is 30.5 Å². The molecule has 1 fully saturated rings. The van der Waals surface area contributed by atoms with E-state index < -0.39 is 0 Å². The molecule has 2 N–H and O–H groups in total. The van der Waals surface area contributed by atoms with Crippen molar-refractivity contribution in [1.29, 1.82) is 0 Å². The van der Waals surface area contributed by atoms with Gasteiger partial charge >= 0.3 is 0 Å². The number of hydrogen-bond donors (Lipinski definition) is 2. The van der Waals surface area contributed by atoms with Crippen LogP contribution in [0.3, 0.4) is 0 Å². The van der Waals surface area contributed by atoms with Crippen molar-refractivity contribution in [3.8, 4) is 0 Å². The van der Waals surface area contributed by atoms with Gasteiger partial charge in [-0.1, -0.05) is 18.2 Å². The normalized spacial score (nSPS) is 19.9. The van der Waals surface area contributed by atoms with Crippen molar-refractivity contribution < 1.29 is 0 Å². The summed E-state index contributed by atoms with van der Waals surface area (Å²) in [6.07, 6.45) is 4.57. The highest BCUT2D eigenvalue weighted by Crippen LogP contribution is 2.07. The number of H-pyrrole nitrogens is 1. The molecular formula is C12H17N3. The molecule has 1 aromatic heterocycles. The number of para-hydroxylation sites is 1. The molecule has 3 nitrogen and oxygen atoms in total. The lowest BCUT2D eigenvalue weighted by molar-refractivity contribution is 0.664. The first kappa shape index (κ1) is 10.2. The Labute approximate surface area is 89.9 Å². The number of aromatic nitrogens is 2. The molecule has 0 aliphatic carbocycles. The molecule has 0 radical (unpaired) electrons. The smallest absolute Gasteiger partial charge is 0.0650 e. The Balaban J connectivity index is 0.000000124. The molecule has 3 heteroatoms. The number of rotatable bonds is 0. The SMILES string of the molecule is C[C@H]1CCCN1.c1ccc2[nH]ncc2c1. The lowest BCUT2D eigenvalue weighted by Gasteiger charge is -1.95. The summed E-state index contributed by atoms with van der Waals surface area (Å²) in [4.78, 5) is 0. The van der Waals surface area contributed by atoms with Gasteiger partial charge in [-0.15, -0.1) is 0 Å². The summed E-state index contributed by atoms with van der Waals surface area (Å²) >= 11 is 0. The van der Waals surface area contributed by atoms with Gasteiger partial charge in [-0.3, -0.25) is 5.10 Å². The second kappa shape index (κ2) is 4.94. The minimum Gasteiger partial charge on any atom is -0.314 e. The zero-order valence-corrected chi connectivity index (χ0v) is 9.03. The topological polar surface area (TPSA) is 40.7 Å². The second-order valence-corrected chi connectivity index (χ2v) is 3.95. The van der Waals surface area contributed by atoms with E-state index in [0.29, 0.717) is 0 Å².